The first-order valence-corrected chi connectivity index (χ1v) is 33.3. The van der Waals surface area contributed by atoms with Gasteiger partial charge in [0.15, 0.2) is 0 Å². The van der Waals surface area contributed by atoms with Crippen molar-refractivity contribution < 1.29 is 8.83 Å². The summed E-state index contributed by atoms with van der Waals surface area (Å²) in [6.45, 7) is 0. The van der Waals surface area contributed by atoms with E-state index in [1.54, 1.807) is 0 Å². The van der Waals surface area contributed by atoms with Gasteiger partial charge in [0, 0.05) is 69.8 Å². The highest BCUT2D eigenvalue weighted by atomic mass is 32.1. The van der Waals surface area contributed by atoms with Crippen LogP contribution in [0.4, 0.5) is 17.1 Å². The van der Waals surface area contributed by atoms with Gasteiger partial charge in [0.1, 0.15) is 22.3 Å². The van der Waals surface area contributed by atoms with Crippen molar-refractivity contribution in [3.8, 4) is 77.9 Å². The van der Waals surface area contributed by atoms with Gasteiger partial charge in [-0.05, 0) is 132 Å². The van der Waals surface area contributed by atoms with Gasteiger partial charge in [-0.25, -0.2) is 0 Å². The van der Waals surface area contributed by atoms with Crippen LogP contribution >= 0.6 is 11.3 Å². The van der Waals surface area contributed by atoms with Gasteiger partial charge in [0.25, 0.3) is 0 Å². The van der Waals surface area contributed by atoms with Crippen molar-refractivity contribution in [2.24, 2.45) is 0 Å². The van der Waals surface area contributed by atoms with Crippen molar-refractivity contribution >= 4 is 92.4 Å². The molecule has 0 saturated heterocycles. The molecule has 15 aromatic carbocycles. The van der Waals surface area contributed by atoms with E-state index in [2.05, 4.69) is 339 Å². The zero-order chi connectivity index (χ0) is 62.6. The molecule has 0 amide bonds. The molecule has 0 N–H and O–H groups in total. The first kappa shape index (κ1) is 54.6. The summed E-state index contributed by atoms with van der Waals surface area (Å²) in [6, 6.07) is 127. The lowest BCUT2D eigenvalue weighted by Gasteiger charge is -2.34. The van der Waals surface area contributed by atoms with E-state index < -0.39 is 5.41 Å². The molecule has 18 aromatic rings. The van der Waals surface area contributed by atoms with Gasteiger partial charge in [-0.1, -0.05) is 297 Å². The third-order valence-electron chi connectivity index (χ3n) is 19.9. The standard InChI is InChI=1S/C91H57NO2S/c1-2-18-58(19-3-1)59-38-40-60(41-39-59)61-46-54-67(55-47-61)92(68-56-48-63(49-57-68)70-26-15-30-78-74-22-7-12-36-85(74)94-89(70)78)83-34-10-5-20-72(83)76-28-17-33-82-87(76)80-24-4-9-32-81(80)91(82,65-50-42-62(43-51-65)69-25-14-29-77-73-21-6-11-35-84(73)93-88(69)77)66-52-44-64(45-53-66)71-27-16-31-79-75-23-8-13-37-86(75)95-90(71)79/h1-57H. The number of furan rings is 2. The Hall–Kier alpha value is -12.1. The maximum Gasteiger partial charge on any atom is 0.143 e. The fourth-order valence-corrected chi connectivity index (χ4v) is 16.7. The van der Waals surface area contributed by atoms with Crippen molar-refractivity contribution in [2.45, 2.75) is 5.41 Å². The van der Waals surface area contributed by atoms with E-state index in [1.165, 1.54) is 75.8 Å². The lowest BCUT2D eigenvalue weighted by Crippen LogP contribution is -2.28. The zero-order valence-corrected chi connectivity index (χ0v) is 52.4. The van der Waals surface area contributed by atoms with Crippen molar-refractivity contribution in [2.75, 3.05) is 4.90 Å². The number of nitrogens with zero attached hydrogens (tertiary/aromatic N) is 1. The monoisotopic (exact) mass is 1230 g/mol. The Labute approximate surface area is 553 Å². The summed E-state index contributed by atoms with van der Waals surface area (Å²) in [4.78, 5) is 2.44. The Morgan fingerprint density at radius 2 is 0.653 bits per heavy atom. The van der Waals surface area contributed by atoms with Gasteiger partial charge in [0.05, 0.1) is 11.1 Å². The van der Waals surface area contributed by atoms with Gasteiger partial charge < -0.3 is 13.7 Å². The van der Waals surface area contributed by atoms with E-state index in [4.69, 9.17) is 8.83 Å². The summed E-state index contributed by atoms with van der Waals surface area (Å²) in [5.74, 6) is 0. The van der Waals surface area contributed by atoms with Gasteiger partial charge >= 0.3 is 0 Å². The van der Waals surface area contributed by atoms with Crippen LogP contribution in [0.1, 0.15) is 22.3 Å². The van der Waals surface area contributed by atoms with E-state index in [1.807, 2.05) is 23.5 Å². The molecule has 444 valence electrons. The third-order valence-corrected chi connectivity index (χ3v) is 21.1. The Morgan fingerprint density at radius 3 is 1.26 bits per heavy atom. The van der Waals surface area contributed by atoms with E-state index in [-0.39, 0.29) is 0 Å². The number of rotatable bonds is 11. The molecule has 4 heteroatoms. The summed E-state index contributed by atoms with van der Waals surface area (Å²) in [5, 5.41) is 7.06. The number of benzene rings is 15. The molecule has 1 atom stereocenters. The van der Waals surface area contributed by atoms with Gasteiger partial charge in [-0.15, -0.1) is 11.3 Å². The number of para-hydroxylation sites is 5. The number of fused-ring (bicyclic) bond motifs is 12. The molecule has 0 saturated carbocycles. The summed E-state index contributed by atoms with van der Waals surface area (Å²) in [7, 11) is 0. The van der Waals surface area contributed by atoms with Crippen LogP contribution in [0.15, 0.2) is 355 Å². The second-order valence-corrected chi connectivity index (χ2v) is 26.0. The fourth-order valence-electron chi connectivity index (χ4n) is 15.5. The van der Waals surface area contributed by atoms with Crippen molar-refractivity contribution in [1.82, 2.24) is 0 Å². The number of anilines is 3. The second kappa shape index (κ2) is 22.1. The van der Waals surface area contributed by atoms with Crippen LogP contribution < -0.4 is 4.90 Å². The molecule has 3 aromatic heterocycles. The Morgan fingerprint density at radius 1 is 0.253 bits per heavy atom. The predicted octanol–water partition coefficient (Wildman–Crippen LogP) is 25.7. The lowest BCUT2D eigenvalue weighted by molar-refractivity contribution is 0.669. The van der Waals surface area contributed by atoms with Crippen LogP contribution in [0.2, 0.25) is 0 Å². The van der Waals surface area contributed by atoms with Crippen molar-refractivity contribution in [3.05, 3.63) is 368 Å². The average molecular weight is 1230 g/mol. The molecule has 19 rings (SSSR count). The summed E-state index contributed by atoms with van der Waals surface area (Å²) < 4.78 is 15.9. The molecule has 3 heterocycles. The first-order valence-electron chi connectivity index (χ1n) is 32.5. The Balaban J connectivity index is 0.783. The number of hydrogen-bond donors (Lipinski definition) is 0. The maximum atomic E-state index is 6.66. The van der Waals surface area contributed by atoms with E-state index >= 15 is 0 Å². The Bertz CT molecular complexity index is 5840. The first-order chi connectivity index (χ1) is 47.1. The lowest BCUT2D eigenvalue weighted by atomic mass is 9.67. The highest BCUT2D eigenvalue weighted by Crippen LogP contribution is 2.60. The zero-order valence-electron chi connectivity index (χ0n) is 51.6. The van der Waals surface area contributed by atoms with E-state index in [0.717, 1.165) is 105 Å². The van der Waals surface area contributed by atoms with Crippen LogP contribution in [-0.2, 0) is 5.41 Å². The SMILES string of the molecule is c1ccc(-c2ccc(-c3ccc(N(c4ccc(-c5cccc6c5oc5ccccc56)cc4)c4ccccc4-c4cccc5c4-c4ccccc4C5(c4ccc(-c5cccc6c5oc5ccccc56)cc4)c4ccc(-c5cccc6c5sc5ccccc56)cc4)cc3)cc2)cc1. The average Bonchev–Trinajstić information content (AvgIpc) is 1.64. The van der Waals surface area contributed by atoms with Crippen molar-refractivity contribution in [1.29, 1.82) is 0 Å². The third kappa shape index (κ3) is 8.72. The number of thiophene rings is 1. The quantitative estimate of drug-likeness (QED) is 0.129. The van der Waals surface area contributed by atoms with Gasteiger partial charge in [0.2, 0.25) is 0 Å². The molecule has 0 spiro atoms. The molecular weight excluding hydrogens is 1170 g/mol. The van der Waals surface area contributed by atoms with E-state index in [0.29, 0.717) is 0 Å². The summed E-state index contributed by atoms with van der Waals surface area (Å²) in [6.07, 6.45) is 0. The smallest absolute Gasteiger partial charge is 0.143 e. The normalized spacial score (nSPS) is 13.5. The molecule has 1 aliphatic carbocycles. The topological polar surface area (TPSA) is 29.5 Å². The molecule has 0 fully saturated rings. The molecular formula is C91H57NO2S. The van der Waals surface area contributed by atoms with Crippen molar-refractivity contribution in [3.63, 3.8) is 0 Å². The van der Waals surface area contributed by atoms with Gasteiger partial charge in [-0.3, -0.25) is 0 Å². The summed E-state index contributed by atoms with van der Waals surface area (Å²) in [5.41, 5.74) is 27.0. The highest BCUT2D eigenvalue weighted by Gasteiger charge is 2.47. The molecule has 0 bridgehead atoms. The molecule has 3 nitrogen and oxygen atoms in total. The number of hydrogen-bond acceptors (Lipinski definition) is 4. The molecule has 1 aliphatic rings. The molecule has 0 radical (unpaired) electrons. The van der Waals surface area contributed by atoms with Gasteiger partial charge in [-0.2, -0.15) is 0 Å². The molecule has 0 aliphatic heterocycles. The van der Waals surface area contributed by atoms with E-state index in [9.17, 15) is 0 Å². The van der Waals surface area contributed by atoms with Crippen LogP contribution in [0.3, 0.4) is 0 Å². The summed E-state index contributed by atoms with van der Waals surface area (Å²) >= 11 is 1.88. The predicted molar refractivity (Wildman–Crippen MR) is 398 cm³/mol. The van der Waals surface area contributed by atoms with Crippen LogP contribution in [0.25, 0.3) is 142 Å². The minimum atomic E-state index is -0.726. The van der Waals surface area contributed by atoms with Crippen LogP contribution in [-0.4, -0.2) is 0 Å². The van der Waals surface area contributed by atoms with Crippen LogP contribution in [0.5, 0.6) is 0 Å². The maximum absolute atomic E-state index is 6.66. The fraction of sp³-hybridized carbons (Fsp3) is 0.0110. The molecule has 95 heavy (non-hydrogen) atoms. The highest BCUT2D eigenvalue weighted by molar-refractivity contribution is 7.26. The minimum absolute atomic E-state index is 0.726. The second-order valence-electron chi connectivity index (χ2n) is 24.9. The largest absolute Gasteiger partial charge is 0.455 e. The minimum Gasteiger partial charge on any atom is -0.455 e. The van der Waals surface area contributed by atoms with Crippen LogP contribution in [0, 0.1) is 0 Å². The molecule has 1 unspecified atom stereocenters. The Kier molecular flexibility index (Phi) is 12.7.